The Labute approximate surface area is 178 Å². The van der Waals surface area contributed by atoms with Crippen LogP contribution in [-0.4, -0.2) is 47.4 Å². The van der Waals surface area contributed by atoms with Crippen molar-refractivity contribution in [2.45, 2.75) is 89.8 Å². The van der Waals surface area contributed by atoms with E-state index in [1.807, 2.05) is 20.8 Å². The van der Waals surface area contributed by atoms with E-state index in [2.05, 4.69) is 20.9 Å². The molecule has 1 aromatic heterocycles. The summed E-state index contributed by atoms with van der Waals surface area (Å²) in [5.41, 5.74) is 2.04. The molecule has 3 heterocycles. The highest BCUT2D eigenvalue weighted by Crippen LogP contribution is 2.38. The van der Waals surface area contributed by atoms with Crippen molar-refractivity contribution in [3.63, 3.8) is 0 Å². The predicted molar refractivity (Wildman–Crippen MR) is 117 cm³/mol. The molecule has 4 rings (SSSR count). The molecule has 2 bridgehead atoms. The number of carbonyl (C=O) groups is 2. The molecule has 2 aliphatic heterocycles. The molecule has 1 unspecified atom stereocenters. The first-order valence-corrected chi connectivity index (χ1v) is 12.1. The van der Waals surface area contributed by atoms with Gasteiger partial charge < -0.3 is 10.6 Å². The SMILES string of the molecule is CC(C)(C)NC(=O)CN1[C@@H]2CC[C@H]1CC(CNC(=O)c1csc3c1CCCC3)C2. The molecule has 1 aromatic rings. The van der Waals surface area contributed by atoms with Crippen LogP contribution < -0.4 is 10.6 Å². The van der Waals surface area contributed by atoms with E-state index in [-0.39, 0.29) is 17.4 Å². The van der Waals surface area contributed by atoms with Gasteiger partial charge in [-0.3, -0.25) is 14.5 Å². The lowest BCUT2D eigenvalue weighted by Crippen LogP contribution is -2.52. The standard InChI is InChI=1S/C23H35N3O2S/c1-23(2,3)25-21(27)13-26-16-8-9-17(26)11-15(10-16)12-24-22(28)19-14-29-20-7-5-4-6-18(19)20/h14-17H,4-13H2,1-3H3,(H,24,28)(H,25,27)/t15?,16-,17+. The van der Waals surface area contributed by atoms with Gasteiger partial charge in [-0.15, -0.1) is 11.3 Å². The lowest BCUT2D eigenvalue weighted by atomic mass is 9.90. The molecule has 3 atom stereocenters. The number of aryl methyl sites for hydroxylation is 1. The van der Waals surface area contributed by atoms with Crippen molar-refractivity contribution in [3.8, 4) is 0 Å². The van der Waals surface area contributed by atoms with Crippen LogP contribution in [0.4, 0.5) is 0 Å². The monoisotopic (exact) mass is 417 g/mol. The van der Waals surface area contributed by atoms with Crippen LogP contribution in [0.2, 0.25) is 0 Å². The van der Waals surface area contributed by atoms with Crippen molar-refractivity contribution >= 4 is 23.2 Å². The Hall–Kier alpha value is -1.40. The fraction of sp³-hybridized carbons (Fsp3) is 0.739. The number of carbonyl (C=O) groups excluding carboxylic acids is 2. The molecule has 5 nitrogen and oxygen atoms in total. The fourth-order valence-corrected chi connectivity index (χ4v) is 6.58. The zero-order valence-electron chi connectivity index (χ0n) is 18.1. The van der Waals surface area contributed by atoms with Crippen LogP contribution in [0.25, 0.3) is 0 Å². The van der Waals surface area contributed by atoms with E-state index in [0.717, 1.165) is 37.8 Å². The summed E-state index contributed by atoms with van der Waals surface area (Å²) in [5, 5.41) is 8.38. The Bertz CT molecular complexity index is 753. The first-order valence-electron chi connectivity index (χ1n) is 11.2. The highest BCUT2D eigenvalue weighted by atomic mass is 32.1. The second kappa shape index (κ2) is 8.38. The topological polar surface area (TPSA) is 61.4 Å². The Balaban J connectivity index is 1.29. The normalized spacial score (nSPS) is 26.8. The van der Waals surface area contributed by atoms with Gasteiger partial charge in [-0.25, -0.2) is 0 Å². The molecule has 1 aliphatic carbocycles. The molecule has 2 saturated heterocycles. The van der Waals surface area contributed by atoms with Gasteiger partial charge in [-0.1, -0.05) is 0 Å². The van der Waals surface area contributed by atoms with E-state index >= 15 is 0 Å². The van der Waals surface area contributed by atoms with Crippen LogP contribution in [0.3, 0.4) is 0 Å². The zero-order chi connectivity index (χ0) is 20.6. The lowest BCUT2D eigenvalue weighted by Gasteiger charge is -2.39. The van der Waals surface area contributed by atoms with E-state index in [1.165, 1.54) is 36.1 Å². The first kappa shape index (κ1) is 20.9. The number of fused-ring (bicyclic) bond motifs is 3. The predicted octanol–water partition coefficient (Wildman–Crippen LogP) is 3.51. The average molecular weight is 418 g/mol. The van der Waals surface area contributed by atoms with Crippen molar-refractivity contribution in [2.24, 2.45) is 5.92 Å². The second-order valence-electron chi connectivity index (χ2n) is 10.2. The summed E-state index contributed by atoms with van der Waals surface area (Å²) < 4.78 is 0. The number of rotatable bonds is 5. The van der Waals surface area contributed by atoms with Crippen LogP contribution in [0.1, 0.15) is 80.1 Å². The summed E-state index contributed by atoms with van der Waals surface area (Å²) in [6.45, 7) is 7.35. The van der Waals surface area contributed by atoms with E-state index in [4.69, 9.17) is 0 Å². The summed E-state index contributed by atoms with van der Waals surface area (Å²) in [4.78, 5) is 29.0. The van der Waals surface area contributed by atoms with Crippen molar-refractivity contribution in [3.05, 3.63) is 21.4 Å². The number of amides is 2. The molecule has 2 amide bonds. The maximum absolute atomic E-state index is 12.8. The molecular weight excluding hydrogens is 382 g/mol. The number of nitrogens with one attached hydrogen (secondary N) is 2. The molecule has 3 aliphatic rings. The van der Waals surface area contributed by atoms with Gasteiger partial charge in [0.25, 0.3) is 5.91 Å². The molecule has 160 valence electrons. The van der Waals surface area contributed by atoms with Crippen molar-refractivity contribution in [1.82, 2.24) is 15.5 Å². The molecule has 2 N–H and O–H groups in total. The van der Waals surface area contributed by atoms with E-state index in [0.29, 0.717) is 24.5 Å². The highest BCUT2D eigenvalue weighted by molar-refractivity contribution is 7.10. The Morgan fingerprint density at radius 1 is 1.14 bits per heavy atom. The molecule has 2 fully saturated rings. The van der Waals surface area contributed by atoms with E-state index in [1.54, 1.807) is 11.3 Å². The summed E-state index contributed by atoms with van der Waals surface area (Å²) >= 11 is 1.76. The maximum Gasteiger partial charge on any atom is 0.252 e. The van der Waals surface area contributed by atoms with Gasteiger partial charge in [0.15, 0.2) is 0 Å². The summed E-state index contributed by atoms with van der Waals surface area (Å²) in [5.74, 6) is 0.764. The Morgan fingerprint density at radius 2 is 1.83 bits per heavy atom. The van der Waals surface area contributed by atoms with E-state index in [9.17, 15) is 9.59 Å². The van der Waals surface area contributed by atoms with Gasteiger partial charge in [0, 0.05) is 34.4 Å². The van der Waals surface area contributed by atoms with Crippen LogP contribution in [-0.2, 0) is 17.6 Å². The van der Waals surface area contributed by atoms with Gasteiger partial charge in [-0.2, -0.15) is 0 Å². The fourth-order valence-electron chi connectivity index (χ4n) is 5.45. The van der Waals surface area contributed by atoms with Crippen LogP contribution in [0, 0.1) is 5.92 Å². The van der Waals surface area contributed by atoms with Crippen LogP contribution in [0.5, 0.6) is 0 Å². The van der Waals surface area contributed by atoms with Crippen molar-refractivity contribution in [2.75, 3.05) is 13.1 Å². The average Bonchev–Trinajstić information content (AvgIpc) is 3.16. The lowest BCUT2D eigenvalue weighted by molar-refractivity contribution is -0.125. The van der Waals surface area contributed by atoms with Gasteiger partial charge in [0.1, 0.15) is 0 Å². The minimum Gasteiger partial charge on any atom is -0.352 e. The maximum atomic E-state index is 12.8. The van der Waals surface area contributed by atoms with Gasteiger partial charge in [0.05, 0.1) is 12.1 Å². The minimum atomic E-state index is -0.181. The van der Waals surface area contributed by atoms with Crippen LogP contribution in [0.15, 0.2) is 5.38 Å². The second-order valence-corrected chi connectivity index (χ2v) is 11.1. The summed E-state index contributed by atoms with van der Waals surface area (Å²) in [6, 6.07) is 0.963. The Morgan fingerprint density at radius 3 is 2.52 bits per heavy atom. The zero-order valence-corrected chi connectivity index (χ0v) is 18.9. The van der Waals surface area contributed by atoms with Gasteiger partial charge in [0.2, 0.25) is 5.91 Å². The molecule has 0 spiro atoms. The first-order chi connectivity index (χ1) is 13.8. The third kappa shape index (κ3) is 4.85. The quantitative estimate of drug-likeness (QED) is 0.771. The third-order valence-corrected chi connectivity index (χ3v) is 7.77. The molecule has 6 heteroatoms. The summed E-state index contributed by atoms with van der Waals surface area (Å²) in [7, 11) is 0. The van der Waals surface area contributed by atoms with Crippen LogP contribution >= 0.6 is 11.3 Å². The Kier molecular flexibility index (Phi) is 6.03. The van der Waals surface area contributed by atoms with Crippen molar-refractivity contribution < 1.29 is 9.59 Å². The third-order valence-electron chi connectivity index (χ3n) is 6.68. The number of thiophene rings is 1. The smallest absolute Gasteiger partial charge is 0.252 e. The molecule has 0 saturated carbocycles. The molecule has 0 radical (unpaired) electrons. The summed E-state index contributed by atoms with van der Waals surface area (Å²) in [6.07, 6.45) is 9.17. The number of piperidine rings is 1. The number of hydrogen-bond donors (Lipinski definition) is 2. The molecule has 0 aromatic carbocycles. The largest absolute Gasteiger partial charge is 0.352 e. The van der Waals surface area contributed by atoms with E-state index < -0.39 is 0 Å². The number of hydrogen-bond acceptors (Lipinski definition) is 4. The molecular formula is C23H35N3O2S. The number of nitrogens with zero attached hydrogens (tertiary/aromatic N) is 1. The van der Waals surface area contributed by atoms with Crippen molar-refractivity contribution in [1.29, 1.82) is 0 Å². The molecule has 29 heavy (non-hydrogen) atoms. The van der Waals surface area contributed by atoms with Gasteiger partial charge in [-0.05, 0) is 83.6 Å². The minimum absolute atomic E-state index is 0.115. The highest BCUT2D eigenvalue weighted by Gasteiger charge is 2.41. The van der Waals surface area contributed by atoms with Gasteiger partial charge >= 0.3 is 0 Å².